The van der Waals surface area contributed by atoms with Crippen molar-refractivity contribution in [2.24, 2.45) is 0 Å². The lowest BCUT2D eigenvalue weighted by atomic mass is 10.1. The number of ether oxygens (including phenoxy) is 1. The topological polar surface area (TPSA) is 84.7 Å². The summed E-state index contributed by atoms with van der Waals surface area (Å²) in [4.78, 5) is 24.7. The lowest BCUT2D eigenvalue weighted by molar-refractivity contribution is -0.384. The first-order chi connectivity index (χ1) is 11.1. The number of nitro benzene ring substituents is 1. The number of nitrogens with zero attached hydrogens (tertiary/aromatic N) is 2. The number of nitrogens with one attached hydrogen (secondary N) is 1. The zero-order chi connectivity index (χ0) is 16.2. The molecule has 1 heterocycles. The molecule has 23 heavy (non-hydrogen) atoms. The van der Waals surface area contributed by atoms with Crippen molar-refractivity contribution in [2.75, 3.05) is 25.0 Å². The minimum absolute atomic E-state index is 0.0234. The van der Waals surface area contributed by atoms with Gasteiger partial charge in [-0.3, -0.25) is 19.8 Å². The van der Waals surface area contributed by atoms with E-state index in [9.17, 15) is 14.9 Å². The standard InChI is InChI=1S/C16H21N3O4/c20-16(17-12-3-1-4-13(11-12)19(21)22)7-8-18-9-10-23-15-6-2-5-14(15)18/h1,3-4,11,14-15H,2,5-10H2,(H,17,20)/t14-,15-/m1/s1. The second-order valence-electron chi connectivity index (χ2n) is 6.05. The van der Waals surface area contributed by atoms with E-state index in [1.165, 1.54) is 18.6 Å². The van der Waals surface area contributed by atoms with Crippen LogP contribution in [0.25, 0.3) is 0 Å². The van der Waals surface area contributed by atoms with E-state index >= 15 is 0 Å². The first kappa shape index (κ1) is 15.9. The molecule has 2 fully saturated rings. The predicted molar refractivity (Wildman–Crippen MR) is 85.3 cm³/mol. The number of hydrogen-bond donors (Lipinski definition) is 1. The molecule has 0 bridgehead atoms. The summed E-state index contributed by atoms with van der Waals surface area (Å²) >= 11 is 0. The van der Waals surface area contributed by atoms with E-state index in [0.29, 0.717) is 30.8 Å². The van der Waals surface area contributed by atoms with E-state index in [1.807, 2.05) is 0 Å². The van der Waals surface area contributed by atoms with Crippen LogP contribution < -0.4 is 5.32 Å². The molecule has 1 aliphatic carbocycles. The van der Waals surface area contributed by atoms with Gasteiger partial charge in [-0.2, -0.15) is 0 Å². The zero-order valence-corrected chi connectivity index (χ0v) is 12.9. The minimum Gasteiger partial charge on any atom is -0.375 e. The van der Waals surface area contributed by atoms with Crippen molar-refractivity contribution in [2.45, 2.75) is 37.8 Å². The molecule has 7 nitrogen and oxygen atoms in total. The van der Waals surface area contributed by atoms with Crippen molar-refractivity contribution in [1.82, 2.24) is 4.90 Å². The zero-order valence-electron chi connectivity index (χ0n) is 12.9. The molecule has 2 atom stereocenters. The molecule has 1 aromatic rings. The summed E-state index contributed by atoms with van der Waals surface area (Å²) in [5, 5.41) is 13.5. The van der Waals surface area contributed by atoms with Crippen molar-refractivity contribution in [3.8, 4) is 0 Å². The SMILES string of the molecule is O=C(CCN1CCO[C@@H]2CCC[C@H]21)Nc1cccc([N+](=O)[O-])c1. The number of non-ortho nitro benzene ring substituents is 1. The Balaban J connectivity index is 1.51. The average Bonchev–Trinajstić information content (AvgIpc) is 3.02. The maximum atomic E-state index is 12.1. The first-order valence-corrected chi connectivity index (χ1v) is 8.03. The van der Waals surface area contributed by atoms with Gasteiger partial charge in [0.05, 0.1) is 17.6 Å². The second kappa shape index (κ2) is 7.06. The number of hydrogen-bond acceptors (Lipinski definition) is 5. The Morgan fingerprint density at radius 2 is 2.30 bits per heavy atom. The highest BCUT2D eigenvalue weighted by atomic mass is 16.6. The second-order valence-corrected chi connectivity index (χ2v) is 6.05. The number of carbonyl (C=O) groups is 1. The number of anilines is 1. The van der Waals surface area contributed by atoms with E-state index in [-0.39, 0.29) is 11.6 Å². The van der Waals surface area contributed by atoms with E-state index in [2.05, 4.69) is 10.2 Å². The van der Waals surface area contributed by atoms with Crippen molar-refractivity contribution >= 4 is 17.3 Å². The Morgan fingerprint density at radius 1 is 1.43 bits per heavy atom. The quantitative estimate of drug-likeness (QED) is 0.664. The average molecular weight is 319 g/mol. The molecule has 0 spiro atoms. The summed E-state index contributed by atoms with van der Waals surface area (Å²) < 4.78 is 5.76. The van der Waals surface area contributed by atoms with Gasteiger partial charge < -0.3 is 10.1 Å². The molecule has 1 saturated heterocycles. The fourth-order valence-electron chi connectivity index (χ4n) is 3.45. The lowest BCUT2D eigenvalue weighted by Gasteiger charge is -2.37. The van der Waals surface area contributed by atoms with Gasteiger partial charge in [0, 0.05) is 43.4 Å². The van der Waals surface area contributed by atoms with Gasteiger partial charge in [-0.15, -0.1) is 0 Å². The van der Waals surface area contributed by atoms with Crippen LogP contribution in [0.2, 0.25) is 0 Å². The number of rotatable bonds is 5. The fraction of sp³-hybridized carbons (Fsp3) is 0.562. The number of fused-ring (bicyclic) bond motifs is 1. The maximum Gasteiger partial charge on any atom is 0.271 e. The van der Waals surface area contributed by atoms with Crippen molar-refractivity contribution in [3.63, 3.8) is 0 Å². The normalized spacial score (nSPS) is 24.2. The van der Waals surface area contributed by atoms with Crippen LogP contribution in [0.3, 0.4) is 0 Å². The molecule has 1 aromatic carbocycles. The van der Waals surface area contributed by atoms with Gasteiger partial charge in [0.2, 0.25) is 5.91 Å². The van der Waals surface area contributed by atoms with Gasteiger partial charge in [0.1, 0.15) is 0 Å². The van der Waals surface area contributed by atoms with Gasteiger partial charge in [-0.1, -0.05) is 6.07 Å². The Labute approximate surface area is 134 Å². The predicted octanol–water partition coefficient (Wildman–Crippen LogP) is 2.18. The number of carbonyl (C=O) groups excluding carboxylic acids is 1. The van der Waals surface area contributed by atoms with Crippen molar-refractivity contribution in [3.05, 3.63) is 34.4 Å². The third-order valence-electron chi connectivity index (χ3n) is 4.56. The number of benzene rings is 1. The summed E-state index contributed by atoms with van der Waals surface area (Å²) in [6, 6.07) is 6.45. The minimum atomic E-state index is -0.469. The van der Waals surface area contributed by atoms with E-state index in [4.69, 9.17) is 4.74 Å². The Morgan fingerprint density at radius 3 is 3.13 bits per heavy atom. The van der Waals surface area contributed by atoms with Gasteiger partial charge >= 0.3 is 0 Å². The number of morpholine rings is 1. The first-order valence-electron chi connectivity index (χ1n) is 8.03. The molecule has 0 radical (unpaired) electrons. The molecule has 3 rings (SSSR count). The van der Waals surface area contributed by atoms with Crippen LogP contribution in [0.4, 0.5) is 11.4 Å². The Bertz CT molecular complexity index is 592. The van der Waals surface area contributed by atoms with Gasteiger partial charge in [0.15, 0.2) is 0 Å². The third-order valence-corrected chi connectivity index (χ3v) is 4.56. The fourth-order valence-corrected chi connectivity index (χ4v) is 3.45. The molecule has 0 unspecified atom stereocenters. The molecule has 124 valence electrons. The molecular weight excluding hydrogens is 298 g/mol. The summed E-state index contributed by atoms with van der Waals surface area (Å²) in [6.07, 6.45) is 4.14. The van der Waals surface area contributed by atoms with Gasteiger partial charge in [-0.05, 0) is 25.3 Å². The number of amides is 1. The smallest absolute Gasteiger partial charge is 0.271 e. The molecule has 0 aromatic heterocycles. The number of nitro groups is 1. The molecule has 1 N–H and O–H groups in total. The largest absolute Gasteiger partial charge is 0.375 e. The van der Waals surface area contributed by atoms with E-state index < -0.39 is 4.92 Å². The Hall–Kier alpha value is -1.99. The van der Waals surface area contributed by atoms with Crippen LogP contribution in [0.1, 0.15) is 25.7 Å². The van der Waals surface area contributed by atoms with Crippen LogP contribution in [0.15, 0.2) is 24.3 Å². The molecule has 7 heteroatoms. The summed E-state index contributed by atoms with van der Waals surface area (Å²) in [5.74, 6) is -0.119. The summed E-state index contributed by atoms with van der Waals surface area (Å²) in [7, 11) is 0. The molecule has 1 saturated carbocycles. The van der Waals surface area contributed by atoms with Crippen LogP contribution in [0.5, 0.6) is 0 Å². The van der Waals surface area contributed by atoms with Crippen LogP contribution >= 0.6 is 0 Å². The maximum absolute atomic E-state index is 12.1. The van der Waals surface area contributed by atoms with Crippen LogP contribution in [-0.4, -0.2) is 47.6 Å². The summed E-state index contributed by atoms with van der Waals surface area (Å²) in [5.41, 5.74) is 0.440. The Kier molecular flexibility index (Phi) is 4.88. The van der Waals surface area contributed by atoms with Crippen molar-refractivity contribution < 1.29 is 14.5 Å². The van der Waals surface area contributed by atoms with E-state index in [1.54, 1.807) is 12.1 Å². The monoisotopic (exact) mass is 319 g/mol. The summed E-state index contributed by atoms with van der Waals surface area (Å²) in [6.45, 7) is 2.30. The van der Waals surface area contributed by atoms with Crippen LogP contribution in [0, 0.1) is 10.1 Å². The van der Waals surface area contributed by atoms with Gasteiger partial charge in [-0.25, -0.2) is 0 Å². The third kappa shape index (κ3) is 3.86. The highest BCUT2D eigenvalue weighted by Crippen LogP contribution is 2.29. The van der Waals surface area contributed by atoms with Gasteiger partial charge in [0.25, 0.3) is 5.69 Å². The van der Waals surface area contributed by atoms with Crippen LogP contribution in [-0.2, 0) is 9.53 Å². The molecule has 1 aliphatic heterocycles. The van der Waals surface area contributed by atoms with E-state index in [0.717, 1.165) is 26.0 Å². The molecule has 2 aliphatic rings. The molecule has 1 amide bonds. The molecular formula is C16H21N3O4. The lowest BCUT2D eigenvalue weighted by Crippen LogP contribution is -2.49. The highest BCUT2D eigenvalue weighted by Gasteiger charge is 2.35. The van der Waals surface area contributed by atoms with Crippen molar-refractivity contribution in [1.29, 1.82) is 0 Å². The highest BCUT2D eigenvalue weighted by molar-refractivity contribution is 5.91.